The van der Waals surface area contributed by atoms with Crippen LogP contribution in [0.4, 0.5) is 34.1 Å². The molecule has 2 aliphatic rings. The van der Waals surface area contributed by atoms with Crippen molar-refractivity contribution in [3.05, 3.63) is 242 Å². The van der Waals surface area contributed by atoms with Crippen molar-refractivity contribution in [3.8, 4) is 56.0 Å². The van der Waals surface area contributed by atoms with Crippen LogP contribution in [0.3, 0.4) is 0 Å². The number of ether oxygens (including phenoxy) is 1. The maximum absolute atomic E-state index is 7.27. The molecule has 0 bridgehead atoms. The number of hydrogen-bond acceptors (Lipinski definition) is 3. The molecule has 0 aromatic heterocycles. The van der Waals surface area contributed by atoms with Crippen LogP contribution in [-0.2, 0) is 5.41 Å². The topological polar surface area (TPSA) is 15.7 Å². The van der Waals surface area contributed by atoms with Gasteiger partial charge < -0.3 is 14.5 Å². The van der Waals surface area contributed by atoms with Crippen molar-refractivity contribution in [1.29, 1.82) is 0 Å². The maximum atomic E-state index is 7.27. The minimum absolute atomic E-state index is 0.160. The van der Waals surface area contributed by atoms with Crippen molar-refractivity contribution in [2.24, 2.45) is 0 Å². The second kappa shape index (κ2) is 15.0. The van der Waals surface area contributed by atoms with E-state index in [1.165, 1.54) is 44.5 Å². The molecular weight excluding hydrogens is 777 g/mol. The summed E-state index contributed by atoms with van der Waals surface area (Å²) in [6, 6.07) is 83.1. The zero-order valence-corrected chi connectivity index (χ0v) is 35.7. The molecular formula is C61H44N2O. The molecule has 0 radical (unpaired) electrons. The van der Waals surface area contributed by atoms with E-state index in [0.717, 1.165) is 67.5 Å². The van der Waals surface area contributed by atoms with Crippen LogP contribution in [0.25, 0.3) is 55.3 Å². The van der Waals surface area contributed by atoms with Crippen LogP contribution in [-0.4, -0.2) is 0 Å². The number of rotatable bonds is 8. The van der Waals surface area contributed by atoms with Crippen molar-refractivity contribution in [1.82, 2.24) is 0 Å². The molecule has 0 unspecified atom stereocenters. The Balaban J connectivity index is 1.03. The normalized spacial score (nSPS) is 12.8. The fourth-order valence-electron chi connectivity index (χ4n) is 10.1. The first-order valence-electron chi connectivity index (χ1n) is 22.1. The molecule has 1 heterocycles. The fourth-order valence-corrected chi connectivity index (χ4v) is 10.1. The van der Waals surface area contributed by atoms with Crippen molar-refractivity contribution in [2.75, 3.05) is 9.80 Å². The van der Waals surface area contributed by atoms with Gasteiger partial charge in [0.25, 0.3) is 0 Å². The Bertz CT molecular complexity index is 3320. The molecule has 3 nitrogen and oxygen atoms in total. The first-order valence-corrected chi connectivity index (χ1v) is 22.1. The molecule has 12 rings (SSSR count). The molecule has 1 aliphatic heterocycles. The van der Waals surface area contributed by atoms with Crippen LogP contribution in [0, 0.1) is 0 Å². The van der Waals surface area contributed by atoms with E-state index in [2.05, 4.69) is 254 Å². The van der Waals surface area contributed by atoms with Gasteiger partial charge in [-0.1, -0.05) is 178 Å². The Kier molecular flexibility index (Phi) is 8.84. The molecule has 304 valence electrons. The SMILES string of the molecule is CC1(C)c2ccccc2-c2ccc(N(c3ccc(-c4ccc(-c5ccccc5)cc4)cc3)c3cccc4c3-c3cccc5ccc(N(c6ccccc6)c6ccccc6)c(c35)O4)cc21. The summed E-state index contributed by atoms with van der Waals surface area (Å²) in [4.78, 5) is 4.73. The maximum Gasteiger partial charge on any atom is 0.159 e. The summed E-state index contributed by atoms with van der Waals surface area (Å²) in [5.74, 6) is 1.66. The lowest BCUT2D eigenvalue weighted by Crippen LogP contribution is -2.17. The van der Waals surface area contributed by atoms with Gasteiger partial charge in [-0.15, -0.1) is 0 Å². The van der Waals surface area contributed by atoms with Crippen LogP contribution in [0.2, 0.25) is 0 Å². The Hall–Kier alpha value is -8.14. The molecule has 10 aromatic rings. The number of anilines is 6. The van der Waals surface area contributed by atoms with E-state index in [9.17, 15) is 0 Å². The second-order valence-electron chi connectivity index (χ2n) is 17.3. The number of nitrogens with zero attached hydrogens (tertiary/aromatic N) is 2. The largest absolute Gasteiger partial charge is 0.454 e. The number of benzene rings is 10. The van der Waals surface area contributed by atoms with E-state index in [-0.39, 0.29) is 5.41 Å². The van der Waals surface area contributed by atoms with Gasteiger partial charge in [0.1, 0.15) is 5.75 Å². The summed E-state index contributed by atoms with van der Waals surface area (Å²) in [5.41, 5.74) is 18.4. The molecule has 3 heteroatoms. The molecule has 0 atom stereocenters. The lowest BCUT2D eigenvalue weighted by molar-refractivity contribution is 0.488. The lowest BCUT2D eigenvalue weighted by atomic mass is 9.82. The van der Waals surface area contributed by atoms with Crippen LogP contribution in [0.15, 0.2) is 231 Å². The van der Waals surface area contributed by atoms with Crippen molar-refractivity contribution in [3.63, 3.8) is 0 Å². The lowest BCUT2D eigenvalue weighted by Gasteiger charge is -2.34. The van der Waals surface area contributed by atoms with Gasteiger partial charge in [-0.25, -0.2) is 0 Å². The summed E-state index contributed by atoms with van der Waals surface area (Å²) >= 11 is 0. The average Bonchev–Trinajstić information content (AvgIpc) is 3.58. The van der Waals surface area contributed by atoms with Gasteiger partial charge in [0.05, 0.1) is 11.4 Å². The smallest absolute Gasteiger partial charge is 0.159 e. The third-order valence-electron chi connectivity index (χ3n) is 13.2. The van der Waals surface area contributed by atoms with Gasteiger partial charge >= 0.3 is 0 Å². The van der Waals surface area contributed by atoms with Gasteiger partial charge in [0.2, 0.25) is 0 Å². The minimum atomic E-state index is -0.160. The molecule has 0 spiro atoms. The third kappa shape index (κ3) is 6.12. The summed E-state index contributed by atoms with van der Waals surface area (Å²) in [6.45, 7) is 4.70. The molecule has 1 aliphatic carbocycles. The highest BCUT2D eigenvalue weighted by molar-refractivity contribution is 6.11. The van der Waals surface area contributed by atoms with Crippen molar-refractivity contribution < 1.29 is 4.74 Å². The van der Waals surface area contributed by atoms with E-state index in [1.807, 2.05) is 0 Å². The minimum Gasteiger partial charge on any atom is -0.454 e. The van der Waals surface area contributed by atoms with Gasteiger partial charge in [-0.3, -0.25) is 0 Å². The first-order chi connectivity index (χ1) is 31.5. The highest BCUT2D eigenvalue weighted by Crippen LogP contribution is 2.57. The molecule has 0 N–H and O–H groups in total. The molecule has 0 saturated heterocycles. The molecule has 0 saturated carbocycles. The van der Waals surface area contributed by atoms with E-state index >= 15 is 0 Å². The van der Waals surface area contributed by atoms with Crippen LogP contribution in [0.5, 0.6) is 11.5 Å². The third-order valence-corrected chi connectivity index (χ3v) is 13.2. The number of fused-ring (bicyclic) bond motifs is 5. The Morgan fingerprint density at radius 3 is 1.56 bits per heavy atom. The fraction of sp³-hybridized carbons (Fsp3) is 0.0492. The average molecular weight is 821 g/mol. The van der Waals surface area contributed by atoms with E-state index < -0.39 is 0 Å². The van der Waals surface area contributed by atoms with Gasteiger partial charge in [0.15, 0.2) is 5.75 Å². The van der Waals surface area contributed by atoms with E-state index in [4.69, 9.17) is 4.74 Å². The highest BCUT2D eigenvalue weighted by Gasteiger charge is 2.36. The summed E-state index contributed by atoms with van der Waals surface area (Å²) in [6.07, 6.45) is 0. The Labute approximate surface area is 374 Å². The first kappa shape index (κ1) is 37.6. The quantitative estimate of drug-likeness (QED) is 0.152. The monoisotopic (exact) mass is 820 g/mol. The second-order valence-corrected chi connectivity index (χ2v) is 17.3. The highest BCUT2D eigenvalue weighted by atomic mass is 16.5. The van der Waals surface area contributed by atoms with Crippen molar-refractivity contribution in [2.45, 2.75) is 19.3 Å². The summed E-state index contributed by atoms with van der Waals surface area (Å²) in [5, 5.41) is 2.22. The standard InChI is InChI=1S/C61H44N2O/c1-61(2)53-25-13-12-23-50(53)51-38-37-49(40-54(51)61)63(48-35-32-44(33-36-48)43-30-28-42(29-31-43)41-16-6-3-7-17-41)55-26-15-27-57-59(55)52-24-14-18-45-34-39-56(60(64-57)58(45)52)62(46-19-8-4-9-20-46)47-21-10-5-11-22-47/h3-40H,1-2H3. The van der Waals surface area contributed by atoms with Gasteiger partial charge in [-0.05, 0) is 122 Å². The predicted molar refractivity (Wildman–Crippen MR) is 267 cm³/mol. The molecule has 64 heavy (non-hydrogen) atoms. The van der Waals surface area contributed by atoms with Crippen LogP contribution in [0.1, 0.15) is 25.0 Å². The van der Waals surface area contributed by atoms with Crippen LogP contribution >= 0.6 is 0 Å². The van der Waals surface area contributed by atoms with Gasteiger partial charge in [-0.2, -0.15) is 0 Å². The van der Waals surface area contributed by atoms with Crippen molar-refractivity contribution >= 4 is 44.9 Å². The molecule has 0 amide bonds. The predicted octanol–water partition coefficient (Wildman–Crippen LogP) is 17.2. The summed E-state index contributed by atoms with van der Waals surface area (Å²) < 4.78 is 7.27. The zero-order valence-electron chi connectivity index (χ0n) is 35.7. The summed E-state index contributed by atoms with van der Waals surface area (Å²) in [7, 11) is 0. The van der Waals surface area contributed by atoms with E-state index in [1.54, 1.807) is 0 Å². The molecule has 0 fully saturated rings. The van der Waals surface area contributed by atoms with Gasteiger partial charge in [0, 0.05) is 39.1 Å². The number of hydrogen-bond donors (Lipinski definition) is 0. The Morgan fingerprint density at radius 1 is 0.359 bits per heavy atom. The van der Waals surface area contributed by atoms with Crippen LogP contribution < -0.4 is 14.5 Å². The molecule has 10 aromatic carbocycles. The van der Waals surface area contributed by atoms with E-state index in [0.29, 0.717) is 0 Å². The number of para-hydroxylation sites is 2. The zero-order chi connectivity index (χ0) is 42.8. The Morgan fingerprint density at radius 2 is 0.875 bits per heavy atom.